The van der Waals surface area contributed by atoms with Crippen molar-refractivity contribution >= 4 is 23.3 Å². The summed E-state index contributed by atoms with van der Waals surface area (Å²) in [4.78, 5) is 38.8. The van der Waals surface area contributed by atoms with Gasteiger partial charge >= 0.3 is 5.97 Å². The Morgan fingerprint density at radius 2 is 1.69 bits per heavy atom. The highest BCUT2D eigenvalue weighted by atomic mass is 16.5. The Labute approximate surface area is 152 Å². The molecule has 0 N–H and O–H groups in total. The van der Waals surface area contributed by atoms with E-state index in [0.29, 0.717) is 0 Å². The first kappa shape index (κ1) is 19.6. The molecular weight excluding hydrogens is 342 g/mol. The number of amides is 1. The second kappa shape index (κ2) is 7.63. The third-order valence-corrected chi connectivity index (χ3v) is 4.03. The highest BCUT2D eigenvalue weighted by molar-refractivity contribution is 6.53. The van der Waals surface area contributed by atoms with Crippen LogP contribution < -0.4 is 19.1 Å². The van der Waals surface area contributed by atoms with Gasteiger partial charge in [-0.1, -0.05) is 6.92 Å². The number of hydrogen-bond donors (Lipinski definition) is 0. The average molecular weight is 365 g/mol. The number of esters is 1. The van der Waals surface area contributed by atoms with Gasteiger partial charge in [0.1, 0.15) is 6.04 Å². The molecule has 142 valence electrons. The minimum absolute atomic E-state index is 0.0472. The van der Waals surface area contributed by atoms with Crippen molar-refractivity contribution in [2.75, 3.05) is 26.2 Å². The van der Waals surface area contributed by atoms with Gasteiger partial charge in [0, 0.05) is 6.07 Å². The van der Waals surface area contributed by atoms with Gasteiger partial charge < -0.3 is 18.9 Å². The molecule has 0 aromatic heterocycles. The maximum Gasteiger partial charge on any atom is 0.329 e. The first-order chi connectivity index (χ1) is 12.3. The number of carbonyl (C=O) groups is 3. The van der Waals surface area contributed by atoms with Gasteiger partial charge in [0.15, 0.2) is 11.5 Å². The lowest BCUT2D eigenvalue weighted by Gasteiger charge is -2.26. The molecule has 0 saturated carbocycles. The van der Waals surface area contributed by atoms with E-state index in [1.807, 2.05) is 0 Å². The van der Waals surface area contributed by atoms with Crippen LogP contribution in [-0.2, 0) is 14.3 Å². The molecule has 0 spiro atoms. The maximum absolute atomic E-state index is 12.7. The first-order valence-corrected chi connectivity index (χ1v) is 8.23. The van der Waals surface area contributed by atoms with Crippen molar-refractivity contribution in [3.8, 4) is 17.2 Å². The zero-order valence-corrected chi connectivity index (χ0v) is 15.7. The highest BCUT2D eigenvalue weighted by Crippen LogP contribution is 2.48. The summed E-state index contributed by atoms with van der Waals surface area (Å²) in [5.74, 6) is -1.59. The molecule has 1 amide bonds. The number of carbonyl (C=O) groups excluding carboxylic acids is 3. The minimum atomic E-state index is -0.932. The Balaban J connectivity index is 2.66. The fourth-order valence-corrected chi connectivity index (χ4v) is 2.95. The van der Waals surface area contributed by atoms with Crippen LogP contribution in [0.2, 0.25) is 0 Å². The van der Waals surface area contributed by atoms with Gasteiger partial charge in [0.2, 0.25) is 5.75 Å². The van der Waals surface area contributed by atoms with Crippen molar-refractivity contribution < 1.29 is 33.3 Å². The van der Waals surface area contributed by atoms with Crippen LogP contribution in [0.15, 0.2) is 6.07 Å². The van der Waals surface area contributed by atoms with Crippen LogP contribution in [0.4, 0.5) is 5.69 Å². The van der Waals surface area contributed by atoms with E-state index < -0.39 is 23.7 Å². The second-order valence-electron chi connectivity index (χ2n) is 5.95. The molecule has 1 heterocycles. The maximum atomic E-state index is 12.7. The topological polar surface area (TPSA) is 91.4 Å². The smallest absolute Gasteiger partial charge is 0.329 e. The summed E-state index contributed by atoms with van der Waals surface area (Å²) in [6.45, 7) is 5.17. The van der Waals surface area contributed by atoms with E-state index in [0.717, 1.165) is 4.90 Å². The predicted octanol–water partition coefficient (Wildman–Crippen LogP) is 1.97. The largest absolute Gasteiger partial charge is 0.493 e. The van der Waals surface area contributed by atoms with Gasteiger partial charge in [-0.15, -0.1) is 0 Å². The monoisotopic (exact) mass is 365 g/mol. The van der Waals surface area contributed by atoms with Gasteiger partial charge in [0.05, 0.1) is 38.7 Å². The molecule has 8 nitrogen and oxygen atoms in total. The molecular formula is C18H23NO7. The fourth-order valence-electron chi connectivity index (χ4n) is 2.95. The normalized spacial score (nSPS) is 14.3. The zero-order chi connectivity index (χ0) is 19.6. The number of fused-ring (bicyclic) bond motifs is 1. The molecule has 1 atom stereocenters. The molecule has 1 aromatic rings. The van der Waals surface area contributed by atoms with Crippen LogP contribution >= 0.6 is 0 Å². The quantitative estimate of drug-likeness (QED) is 0.539. The lowest BCUT2D eigenvalue weighted by molar-refractivity contribution is -0.149. The van der Waals surface area contributed by atoms with E-state index in [2.05, 4.69) is 0 Å². The van der Waals surface area contributed by atoms with Crippen LogP contribution in [-0.4, -0.2) is 51.1 Å². The van der Waals surface area contributed by atoms with Crippen molar-refractivity contribution in [2.45, 2.75) is 39.3 Å². The second-order valence-corrected chi connectivity index (χ2v) is 5.95. The fraction of sp³-hybridized carbons (Fsp3) is 0.500. The van der Waals surface area contributed by atoms with Crippen molar-refractivity contribution in [1.82, 2.24) is 0 Å². The minimum Gasteiger partial charge on any atom is -0.493 e. The highest BCUT2D eigenvalue weighted by Gasteiger charge is 2.46. The number of ether oxygens (including phenoxy) is 4. The zero-order valence-electron chi connectivity index (χ0n) is 15.7. The summed E-state index contributed by atoms with van der Waals surface area (Å²) in [7, 11) is 4.19. The molecule has 1 unspecified atom stereocenters. The van der Waals surface area contributed by atoms with E-state index in [1.54, 1.807) is 20.8 Å². The first-order valence-electron chi connectivity index (χ1n) is 8.23. The van der Waals surface area contributed by atoms with Crippen molar-refractivity contribution in [1.29, 1.82) is 0 Å². The summed E-state index contributed by atoms with van der Waals surface area (Å²) in [5, 5.41) is 0. The van der Waals surface area contributed by atoms with Crippen LogP contribution in [0.1, 0.15) is 37.6 Å². The number of ketones is 1. The van der Waals surface area contributed by atoms with Gasteiger partial charge in [-0.25, -0.2) is 4.79 Å². The summed E-state index contributed by atoms with van der Waals surface area (Å²) in [6.07, 6.45) is -0.0647. The third kappa shape index (κ3) is 3.07. The summed E-state index contributed by atoms with van der Waals surface area (Å²) in [6, 6.07) is 0.558. The van der Waals surface area contributed by atoms with Gasteiger partial charge in [-0.05, 0) is 20.3 Å². The number of hydrogen-bond acceptors (Lipinski definition) is 7. The molecule has 0 bridgehead atoms. The number of nitrogens with zero attached hydrogens (tertiary/aromatic N) is 1. The SMILES string of the molecule is CCC(C(=O)OC(C)C)N1C(=O)C(=O)c2c1cc(OC)c(OC)c2OC. The Hall–Kier alpha value is -2.77. The molecule has 1 aliphatic heterocycles. The van der Waals surface area contributed by atoms with E-state index in [4.69, 9.17) is 18.9 Å². The van der Waals surface area contributed by atoms with Crippen molar-refractivity contribution in [3.05, 3.63) is 11.6 Å². The Morgan fingerprint density at radius 3 is 2.15 bits per heavy atom. The molecule has 0 saturated heterocycles. The predicted molar refractivity (Wildman–Crippen MR) is 93.2 cm³/mol. The molecule has 1 aliphatic rings. The number of Topliss-reactive ketones (excluding diaryl/α,β-unsaturated/α-hetero) is 1. The van der Waals surface area contributed by atoms with Gasteiger partial charge in [-0.2, -0.15) is 0 Å². The molecule has 8 heteroatoms. The molecule has 0 radical (unpaired) electrons. The number of rotatable bonds is 7. The van der Waals surface area contributed by atoms with Crippen LogP contribution in [0, 0.1) is 0 Å². The number of methoxy groups -OCH3 is 3. The average Bonchev–Trinajstić information content (AvgIpc) is 2.85. The Bertz CT molecular complexity index is 742. The summed E-state index contributed by atoms with van der Waals surface area (Å²) in [5.41, 5.74) is 0.285. The van der Waals surface area contributed by atoms with E-state index in [1.165, 1.54) is 27.4 Å². The summed E-state index contributed by atoms with van der Waals surface area (Å²) >= 11 is 0. The molecule has 26 heavy (non-hydrogen) atoms. The van der Waals surface area contributed by atoms with Crippen molar-refractivity contribution in [2.24, 2.45) is 0 Å². The Morgan fingerprint density at radius 1 is 1.08 bits per heavy atom. The lowest BCUT2D eigenvalue weighted by Crippen LogP contribution is -2.45. The third-order valence-electron chi connectivity index (χ3n) is 4.03. The number of anilines is 1. The Kier molecular flexibility index (Phi) is 5.74. The number of benzene rings is 1. The van der Waals surface area contributed by atoms with Crippen LogP contribution in [0.5, 0.6) is 17.2 Å². The molecule has 0 fully saturated rings. The van der Waals surface area contributed by atoms with Gasteiger partial charge in [-0.3, -0.25) is 14.5 Å². The van der Waals surface area contributed by atoms with Crippen molar-refractivity contribution in [3.63, 3.8) is 0 Å². The standard InChI is InChI=1S/C18H23NO7/c1-7-10(18(22)26-9(2)3)19-11-8-12(23-4)15(24-5)16(25-6)13(11)14(20)17(19)21/h8-10H,7H2,1-6H3. The molecule has 0 aliphatic carbocycles. The van der Waals surface area contributed by atoms with E-state index >= 15 is 0 Å². The van der Waals surface area contributed by atoms with E-state index in [-0.39, 0.29) is 41.0 Å². The van der Waals surface area contributed by atoms with E-state index in [9.17, 15) is 14.4 Å². The molecule has 2 rings (SSSR count). The lowest BCUT2D eigenvalue weighted by atomic mass is 10.1. The molecule has 1 aromatic carbocycles. The van der Waals surface area contributed by atoms with Gasteiger partial charge in [0.25, 0.3) is 11.7 Å². The van der Waals surface area contributed by atoms with Crippen LogP contribution in [0.3, 0.4) is 0 Å². The van der Waals surface area contributed by atoms with Crippen LogP contribution in [0.25, 0.3) is 0 Å². The summed E-state index contributed by atoms with van der Waals surface area (Å²) < 4.78 is 21.1.